The van der Waals surface area contributed by atoms with Gasteiger partial charge in [-0.15, -0.1) is 0 Å². The molecule has 8 heteroatoms. The number of ether oxygens (including phenoxy) is 1. The fraction of sp³-hybridized carbons (Fsp3) is 0.684. The Hall–Kier alpha value is -2.22. The van der Waals surface area contributed by atoms with Gasteiger partial charge in [-0.25, -0.2) is 9.78 Å². The molecule has 27 heavy (non-hydrogen) atoms. The lowest BCUT2D eigenvalue weighted by Crippen LogP contribution is -2.55. The van der Waals surface area contributed by atoms with Gasteiger partial charge in [0.15, 0.2) is 0 Å². The second-order valence-corrected chi connectivity index (χ2v) is 7.61. The van der Waals surface area contributed by atoms with Crippen molar-refractivity contribution < 1.29 is 14.3 Å². The van der Waals surface area contributed by atoms with Gasteiger partial charge in [0.2, 0.25) is 11.8 Å². The molecular weight excluding hydrogens is 348 g/mol. The lowest BCUT2D eigenvalue weighted by atomic mass is 9.73. The summed E-state index contributed by atoms with van der Waals surface area (Å²) in [5, 5.41) is 0. The summed E-state index contributed by atoms with van der Waals surface area (Å²) in [4.78, 5) is 44.3. The van der Waals surface area contributed by atoms with Gasteiger partial charge in [0, 0.05) is 64.1 Å². The number of rotatable bonds is 6. The number of amides is 2. The zero-order chi connectivity index (χ0) is 19.3. The number of aromatic nitrogens is 2. The molecule has 3 heterocycles. The summed E-state index contributed by atoms with van der Waals surface area (Å²) in [5.41, 5.74) is -0.445. The molecule has 1 atom stereocenters. The van der Waals surface area contributed by atoms with Crippen LogP contribution in [0.3, 0.4) is 0 Å². The third kappa shape index (κ3) is 4.74. The van der Waals surface area contributed by atoms with Gasteiger partial charge in [-0.3, -0.25) is 14.2 Å². The third-order valence-electron chi connectivity index (χ3n) is 5.63. The van der Waals surface area contributed by atoms with Crippen molar-refractivity contribution in [2.45, 2.75) is 38.6 Å². The Morgan fingerprint density at radius 3 is 2.93 bits per heavy atom. The average Bonchev–Trinajstić information content (AvgIpc) is 2.67. The van der Waals surface area contributed by atoms with Gasteiger partial charge in [0.05, 0.1) is 0 Å². The monoisotopic (exact) mass is 376 g/mol. The Morgan fingerprint density at radius 1 is 1.30 bits per heavy atom. The topological polar surface area (TPSA) is 84.7 Å². The number of carbonyl (C=O) groups excluding carboxylic acids is 2. The number of likely N-dealkylation sites (tertiary alicyclic amines) is 2. The maximum Gasteiger partial charge on any atom is 0.347 e. The molecule has 2 aliphatic heterocycles. The van der Waals surface area contributed by atoms with Crippen LogP contribution in [0.25, 0.3) is 0 Å². The highest BCUT2D eigenvalue weighted by atomic mass is 16.5. The van der Waals surface area contributed by atoms with Crippen molar-refractivity contribution in [3.8, 4) is 0 Å². The molecule has 1 spiro atoms. The Bertz CT molecular complexity index is 734. The summed E-state index contributed by atoms with van der Waals surface area (Å²) in [6.45, 7) is 3.40. The molecule has 0 aromatic carbocycles. The van der Waals surface area contributed by atoms with Crippen LogP contribution in [0.5, 0.6) is 0 Å². The normalized spacial score (nSPS) is 23.1. The van der Waals surface area contributed by atoms with Crippen LogP contribution < -0.4 is 5.69 Å². The summed E-state index contributed by atoms with van der Waals surface area (Å²) in [7, 11) is 1.66. The summed E-state index contributed by atoms with van der Waals surface area (Å²) >= 11 is 0. The molecule has 0 radical (unpaired) electrons. The van der Waals surface area contributed by atoms with Crippen LogP contribution in [-0.2, 0) is 20.9 Å². The quantitative estimate of drug-likeness (QED) is 0.676. The second kappa shape index (κ2) is 8.65. The van der Waals surface area contributed by atoms with Crippen LogP contribution in [0.15, 0.2) is 23.3 Å². The highest BCUT2D eigenvalue weighted by Crippen LogP contribution is 2.39. The minimum Gasteiger partial charge on any atom is -0.385 e. The first-order chi connectivity index (χ1) is 13.0. The SMILES string of the molecule is COCCCN1C[C@@]2(CCCN(C(=O)Cn3cccnc3=O)C2)CCC1=O. The molecule has 1 aromatic heterocycles. The predicted octanol–water partition coefficient (Wildman–Crippen LogP) is 0.511. The number of carbonyl (C=O) groups is 2. The van der Waals surface area contributed by atoms with Gasteiger partial charge in [0.25, 0.3) is 0 Å². The molecule has 0 unspecified atom stereocenters. The van der Waals surface area contributed by atoms with Gasteiger partial charge < -0.3 is 14.5 Å². The van der Waals surface area contributed by atoms with Crippen molar-refractivity contribution in [1.29, 1.82) is 0 Å². The summed E-state index contributed by atoms with van der Waals surface area (Å²) in [6.07, 6.45) is 7.15. The molecule has 148 valence electrons. The van der Waals surface area contributed by atoms with Gasteiger partial charge in [-0.1, -0.05) is 0 Å². The van der Waals surface area contributed by atoms with Crippen molar-refractivity contribution in [2.75, 3.05) is 39.9 Å². The Kier molecular flexibility index (Phi) is 6.26. The number of hydrogen-bond acceptors (Lipinski definition) is 5. The van der Waals surface area contributed by atoms with Crippen LogP contribution in [-0.4, -0.2) is 71.1 Å². The van der Waals surface area contributed by atoms with Crippen molar-refractivity contribution in [2.24, 2.45) is 5.41 Å². The van der Waals surface area contributed by atoms with E-state index in [9.17, 15) is 14.4 Å². The van der Waals surface area contributed by atoms with Crippen molar-refractivity contribution in [1.82, 2.24) is 19.4 Å². The van der Waals surface area contributed by atoms with Crippen LogP contribution >= 0.6 is 0 Å². The maximum absolute atomic E-state index is 12.7. The van der Waals surface area contributed by atoms with E-state index in [0.717, 1.165) is 25.7 Å². The number of nitrogens with zero attached hydrogens (tertiary/aromatic N) is 4. The van der Waals surface area contributed by atoms with E-state index in [1.54, 1.807) is 19.4 Å². The van der Waals surface area contributed by atoms with E-state index in [4.69, 9.17) is 4.74 Å². The molecule has 8 nitrogen and oxygen atoms in total. The van der Waals surface area contributed by atoms with Crippen molar-refractivity contribution in [3.63, 3.8) is 0 Å². The maximum atomic E-state index is 12.7. The van der Waals surface area contributed by atoms with Gasteiger partial charge in [0.1, 0.15) is 6.54 Å². The van der Waals surface area contributed by atoms with Crippen LogP contribution in [0.1, 0.15) is 32.1 Å². The first-order valence-corrected chi connectivity index (χ1v) is 9.59. The van der Waals surface area contributed by atoms with E-state index in [1.807, 2.05) is 9.80 Å². The lowest BCUT2D eigenvalue weighted by Gasteiger charge is -2.48. The average molecular weight is 376 g/mol. The van der Waals surface area contributed by atoms with E-state index < -0.39 is 5.69 Å². The van der Waals surface area contributed by atoms with Crippen molar-refractivity contribution in [3.05, 3.63) is 28.9 Å². The van der Waals surface area contributed by atoms with E-state index >= 15 is 0 Å². The van der Waals surface area contributed by atoms with E-state index in [0.29, 0.717) is 39.2 Å². The minimum atomic E-state index is -0.412. The van der Waals surface area contributed by atoms with Crippen LogP contribution in [0, 0.1) is 5.41 Å². The Balaban J connectivity index is 1.64. The molecule has 0 saturated carbocycles. The molecule has 1 aromatic rings. The first-order valence-electron chi connectivity index (χ1n) is 9.59. The molecule has 0 N–H and O–H groups in total. The minimum absolute atomic E-state index is 0.0131. The predicted molar refractivity (Wildman–Crippen MR) is 99.1 cm³/mol. The number of methoxy groups -OCH3 is 1. The highest BCUT2D eigenvalue weighted by molar-refractivity contribution is 5.78. The number of piperidine rings is 2. The van der Waals surface area contributed by atoms with E-state index in [2.05, 4.69) is 4.98 Å². The lowest BCUT2D eigenvalue weighted by molar-refractivity contribution is -0.143. The van der Waals surface area contributed by atoms with Gasteiger partial charge in [-0.2, -0.15) is 0 Å². The van der Waals surface area contributed by atoms with Crippen LogP contribution in [0.4, 0.5) is 0 Å². The molecule has 2 amide bonds. The molecule has 2 fully saturated rings. The summed E-state index contributed by atoms with van der Waals surface area (Å²) in [5.74, 6) is 0.133. The van der Waals surface area contributed by atoms with E-state index in [-0.39, 0.29) is 23.8 Å². The van der Waals surface area contributed by atoms with Crippen molar-refractivity contribution >= 4 is 11.8 Å². The standard InChI is InChI=1S/C19H28N4O4/c1-27-12-4-11-22-14-19(7-5-16(22)24)6-2-9-23(15-19)17(25)13-21-10-3-8-20-18(21)26/h3,8,10H,2,4-7,9,11-15H2,1H3/t19-/m1/s1. The fourth-order valence-electron chi connectivity index (χ4n) is 4.21. The largest absolute Gasteiger partial charge is 0.385 e. The molecule has 2 aliphatic rings. The molecule has 2 saturated heterocycles. The second-order valence-electron chi connectivity index (χ2n) is 7.61. The fourth-order valence-corrected chi connectivity index (χ4v) is 4.21. The van der Waals surface area contributed by atoms with Gasteiger partial charge >= 0.3 is 5.69 Å². The molecule has 0 bridgehead atoms. The first kappa shape index (κ1) is 19.5. The summed E-state index contributed by atoms with van der Waals surface area (Å²) < 4.78 is 6.43. The highest BCUT2D eigenvalue weighted by Gasteiger charge is 2.42. The third-order valence-corrected chi connectivity index (χ3v) is 5.63. The molecular formula is C19H28N4O4. The number of hydrogen-bond donors (Lipinski definition) is 0. The Labute approximate surface area is 159 Å². The zero-order valence-electron chi connectivity index (χ0n) is 15.9. The Morgan fingerprint density at radius 2 is 2.15 bits per heavy atom. The van der Waals surface area contributed by atoms with E-state index in [1.165, 1.54) is 10.8 Å². The summed E-state index contributed by atoms with van der Waals surface area (Å²) in [6, 6.07) is 1.65. The molecule has 3 rings (SSSR count). The molecule has 0 aliphatic carbocycles. The smallest absolute Gasteiger partial charge is 0.347 e. The van der Waals surface area contributed by atoms with Crippen LogP contribution in [0.2, 0.25) is 0 Å². The van der Waals surface area contributed by atoms with Gasteiger partial charge in [-0.05, 0) is 31.7 Å². The zero-order valence-corrected chi connectivity index (χ0v) is 15.9.